The van der Waals surface area contributed by atoms with Crippen molar-refractivity contribution in [3.8, 4) is 0 Å². The molecule has 0 bridgehead atoms. The van der Waals surface area contributed by atoms with Crippen LogP contribution in [0.4, 0.5) is 13.2 Å². The third-order valence-corrected chi connectivity index (χ3v) is 3.57. The summed E-state index contributed by atoms with van der Waals surface area (Å²) >= 11 is 0. The van der Waals surface area contributed by atoms with Crippen LogP contribution in [0.3, 0.4) is 0 Å². The average molecular weight is 293 g/mol. The minimum atomic E-state index is -1.47. The van der Waals surface area contributed by atoms with Crippen molar-refractivity contribution in [3.05, 3.63) is 70.5 Å². The predicted molar refractivity (Wildman–Crippen MR) is 77.5 cm³/mol. The van der Waals surface area contributed by atoms with Gasteiger partial charge in [-0.05, 0) is 29.5 Å². The highest BCUT2D eigenvalue weighted by atomic mass is 19.2. The van der Waals surface area contributed by atoms with Crippen LogP contribution < -0.4 is 5.73 Å². The number of rotatable bonds is 4. The molecule has 0 amide bonds. The minimum absolute atomic E-state index is 0.0122. The van der Waals surface area contributed by atoms with Crippen molar-refractivity contribution in [2.75, 3.05) is 0 Å². The van der Waals surface area contributed by atoms with Crippen molar-refractivity contribution in [2.24, 2.45) is 5.73 Å². The Morgan fingerprint density at radius 1 is 0.905 bits per heavy atom. The Bertz CT molecular complexity index is 621. The molecule has 0 spiro atoms. The SMILES string of the molecule is CC(C)c1ccc(CC(N)c2ccc(F)c(F)c2F)cc1. The molecule has 112 valence electrons. The summed E-state index contributed by atoms with van der Waals surface area (Å²) in [7, 11) is 0. The second-order valence-electron chi connectivity index (χ2n) is 5.47. The maximum atomic E-state index is 13.7. The van der Waals surface area contributed by atoms with Crippen LogP contribution in [0.25, 0.3) is 0 Å². The zero-order valence-electron chi connectivity index (χ0n) is 12.0. The molecule has 0 radical (unpaired) electrons. The van der Waals surface area contributed by atoms with E-state index in [4.69, 9.17) is 5.73 Å². The van der Waals surface area contributed by atoms with E-state index in [0.29, 0.717) is 12.3 Å². The van der Waals surface area contributed by atoms with Crippen molar-refractivity contribution >= 4 is 0 Å². The highest BCUT2D eigenvalue weighted by molar-refractivity contribution is 5.29. The van der Waals surface area contributed by atoms with E-state index < -0.39 is 23.5 Å². The molecule has 2 N–H and O–H groups in total. The van der Waals surface area contributed by atoms with Gasteiger partial charge in [-0.2, -0.15) is 0 Å². The maximum Gasteiger partial charge on any atom is 0.194 e. The van der Waals surface area contributed by atoms with Gasteiger partial charge < -0.3 is 5.73 Å². The van der Waals surface area contributed by atoms with Gasteiger partial charge in [0.05, 0.1) is 0 Å². The summed E-state index contributed by atoms with van der Waals surface area (Å²) in [4.78, 5) is 0. The molecule has 0 heterocycles. The van der Waals surface area contributed by atoms with Gasteiger partial charge in [-0.1, -0.05) is 44.2 Å². The molecule has 21 heavy (non-hydrogen) atoms. The van der Waals surface area contributed by atoms with E-state index in [2.05, 4.69) is 13.8 Å². The first kappa shape index (κ1) is 15.6. The van der Waals surface area contributed by atoms with Gasteiger partial charge in [0.2, 0.25) is 0 Å². The lowest BCUT2D eigenvalue weighted by atomic mass is 9.96. The molecule has 0 aromatic heterocycles. The first-order valence-corrected chi connectivity index (χ1v) is 6.88. The number of hydrogen-bond acceptors (Lipinski definition) is 1. The number of benzene rings is 2. The van der Waals surface area contributed by atoms with Gasteiger partial charge in [-0.3, -0.25) is 0 Å². The Balaban J connectivity index is 2.18. The lowest BCUT2D eigenvalue weighted by Crippen LogP contribution is -2.16. The summed E-state index contributed by atoms with van der Waals surface area (Å²) in [5, 5.41) is 0. The van der Waals surface area contributed by atoms with Crippen LogP contribution in [0.15, 0.2) is 36.4 Å². The average Bonchev–Trinajstić information content (AvgIpc) is 2.45. The van der Waals surface area contributed by atoms with Crippen molar-refractivity contribution in [1.82, 2.24) is 0 Å². The van der Waals surface area contributed by atoms with Crippen LogP contribution in [-0.2, 0) is 6.42 Å². The van der Waals surface area contributed by atoms with Crippen LogP contribution in [0.2, 0.25) is 0 Å². The van der Waals surface area contributed by atoms with E-state index in [0.717, 1.165) is 11.6 Å². The van der Waals surface area contributed by atoms with Crippen molar-refractivity contribution < 1.29 is 13.2 Å². The van der Waals surface area contributed by atoms with Crippen molar-refractivity contribution in [3.63, 3.8) is 0 Å². The fourth-order valence-electron chi connectivity index (χ4n) is 2.23. The molecular weight excluding hydrogens is 275 g/mol. The number of nitrogens with two attached hydrogens (primary N) is 1. The molecule has 1 atom stereocenters. The van der Waals surface area contributed by atoms with Gasteiger partial charge in [0.1, 0.15) is 0 Å². The molecular formula is C17H18F3N. The molecule has 0 aliphatic carbocycles. The molecule has 4 heteroatoms. The van der Waals surface area contributed by atoms with Crippen LogP contribution in [0.1, 0.15) is 42.5 Å². The van der Waals surface area contributed by atoms with Gasteiger partial charge in [0, 0.05) is 11.6 Å². The Labute approximate surface area is 122 Å². The zero-order valence-corrected chi connectivity index (χ0v) is 12.0. The third-order valence-electron chi connectivity index (χ3n) is 3.57. The fourth-order valence-corrected chi connectivity index (χ4v) is 2.23. The minimum Gasteiger partial charge on any atom is -0.324 e. The zero-order chi connectivity index (χ0) is 15.6. The van der Waals surface area contributed by atoms with Crippen LogP contribution >= 0.6 is 0 Å². The summed E-state index contributed by atoms with van der Waals surface area (Å²) in [6.07, 6.45) is 0.361. The number of hydrogen-bond donors (Lipinski definition) is 1. The topological polar surface area (TPSA) is 26.0 Å². The summed E-state index contributed by atoms with van der Waals surface area (Å²) in [5.74, 6) is -3.46. The van der Waals surface area contributed by atoms with Crippen molar-refractivity contribution in [1.29, 1.82) is 0 Å². The molecule has 2 aromatic rings. The van der Waals surface area contributed by atoms with Gasteiger partial charge in [0.15, 0.2) is 17.5 Å². The normalized spacial score (nSPS) is 12.7. The van der Waals surface area contributed by atoms with Crippen molar-refractivity contribution in [2.45, 2.75) is 32.2 Å². The van der Waals surface area contributed by atoms with E-state index in [1.807, 2.05) is 24.3 Å². The lowest BCUT2D eigenvalue weighted by molar-refractivity contribution is 0.435. The molecule has 1 nitrogen and oxygen atoms in total. The molecule has 0 fully saturated rings. The second kappa shape index (κ2) is 6.31. The smallest absolute Gasteiger partial charge is 0.194 e. The van der Waals surface area contributed by atoms with Gasteiger partial charge in [-0.25, -0.2) is 13.2 Å². The van der Waals surface area contributed by atoms with Crippen LogP contribution in [-0.4, -0.2) is 0 Å². The monoisotopic (exact) mass is 293 g/mol. The van der Waals surface area contributed by atoms with E-state index >= 15 is 0 Å². The van der Waals surface area contributed by atoms with Gasteiger partial charge >= 0.3 is 0 Å². The molecule has 0 aliphatic heterocycles. The number of halogens is 3. The third kappa shape index (κ3) is 3.45. The molecule has 0 saturated heterocycles. The van der Waals surface area contributed by atoms with E-state index in [1.165, 1.54) is 11.6 Å². The fraction of sp³-hybridized carbons (Fsp3) is 0.294. The Hall–Kier alpha value is -1.81. The standard InChI is InChI=1S/C17H18F3N/c1-10(2)12-5-3-11(4-6-12)9-15(21)13-7-8-14(18)17(20)16(13)19/h3-8,10,15H,9,21H2,1-2H3. The summed E-state index contributed by atoms with van der Waals surface area (Å²) in [5.41, 5.74) is 8.03. The Morgan fingerprint density at radius 2 is 1.52 bits per heavy atom. The van der Waals surface area contributed by atoms with E-state index in [-0.39, 0.29) is 5.56 Å². The van der Waals surface area contributed by atoms with Gasteiger partial charge in [0.25, 0.3) is 0 Å². The van der Waals surface area contributed by atoms with Crippen LogP contribution in [0.5, 0.6) is 0 Å². The summed E-state index contributed by atoms with van der Waals surface area (Å²) < 4.78 is 39.8. The molecule has 2 rings (SSSR count). The molecule has 2 aromatic carbocycles. The quantitative estimate of drug-likeness (QED) is 0.827. The first-order valence-electron chi connectivity index (χ1n) is 6.88. The molecule has 0 saturated carbocycles. The van der Waals surface area contributed by atoms with Crippen LogP contribution in [0, 0.1) is 17.5 Å². The highest BCUT2D eigenvalue weighted by Gasteiger charge is 2.18. The lowest BCUT2D eigenvalue weighted by Gasteiger charge is -2.14. The molecule has 0 aliphatic rings. The molecule has 1 unspecified atom stereocenters. The Morgan fingerprint density at radius 3 is 2.10 bits per heavy atom. The predicted octanol–water partition coefficient (Wildman–Crippen LogP) is 4.47. The second-order valence-corrected chi connectivity index (χ2v) is 5.47. The first-order chi connectivity index (χ1) is 9.90. The highest BCUT2D eigenvalue weighted by Crippen LogP contribution is 2.23. The van der Waals surface area contributed by atoms with Gasteiger partial charge in [-0.15, -0.1) is 0 Å². The summed E-state index contributed by atoms with van der Waals surface area (Å²) in [6.45, 7) is 4.19. The Kier molecular flexibility index (Phi) is 4.68. The largest absolute Gasteiger partial charge is 0.324 e. The van der Waals surface area contributed by atoms with E-state index in [9.17, 15) is 13.2 Å². The van der Waals surface area contributed by atoms with E-state index in [1.54, 1.807) is 0 Å². The summed E-state index contributed by atoms with van der Waals surface area (Å²) in [6, 6.07) is 9.21. The maximum absolute atomic E-state index is 13.7.